The maximum atomic E-state index is 13.3. The quantitative estimate of drug-likeness (QED) is 0.828. The van der Waals surface area contributed by atoms with E-state index in [9.17, 15) is 17.2 Å². The lowest BCUT2D eigenvalue weighted by Gasteiger charge is -2.25. The Morgan fingerprint density at radius 1 is 0.800 bits per heavy atom. The highest BCUT2D eigenvalue weighted by molar-refractivity contribution is 7.88. The van der Waals surface area contributed by atoms with Crippen molar-refractivity contribution in [1.82, 2.24) is 4.31 Å². The van der Waals surface area contributed by atoms with Gasteiger partial charge in [-0.25, -0.2) is 21.5 Å². The second-order valence-corrected chi connectivity index (χ2v) is 8.54. The molecule has 0 aromatic heterocycles. The summed E-state index contributed by atoms with van der Waals surface area (Å²) in [5.41, 5.74) is 1.96. The van der Waals surface area contributed by atoms with E-state index in [2.05, 4.69) is 0 Å². The van der Waals surface area contributed by atoms with Crippen molar-refractivity contribution in [2.75, 3.05) is 19.3 Å². The van der Waals surface area contributed by atoms with E-state index in [0.717, 1.165) is 11.1 Å². The molecular formula is C19H21F2NO2S. The minimum absolute atomic E-state index is 0.0535. The van der Waals surface area contributed by atoms with E-state index in [1.54, 1.807) is 24.3 Å². The van der Waals surface area contributed by atoms with Gasteiger partial charge >= 0.3 is 0 Å². The van der Waals surface area contributed by atoms with Crippen LogP contribution in [0.5, 0.6) is 0 Å². The molecule has 0 spiro atoms. The first kappa shape index (κ1) is 18.0. The van der Waals surface area contributed by atoms with Crippen molar-refractivity contribution in [3.63, 3.8) is 0 Å². The van der Waals surface area contributed by atoms with Gasteiger partial charge in [-0.3, -0.25) is 0 Å². The van der Waals surface area contributed by atoms with Crippen LogP contribution in [-0.4, -0.2) is 32.1 Å². The molecular weight excluding hydrogens is 344 g/mol. The largest absolute Gasteiger partial charge is 0.213 e. The van der Waals surface area contributed by atoms with Gasteiger partial charge in [-0.15, -0.1) is 0 Å². The van der Waals surface area contributed by atoms with Crippen LogP contribution in [0.1, 0.15) is 35.8 Å². The van der Waals surface area contributed by atoms with Gasteiger partial charge in [0.2, 0.25) is 10.0 Å². The summed E-state index contributed by atoms with van der Waals surface area (Å²) in [4.78, 5) is 0. The Balaban J connectivity index is 1.97. The fourth-order valence-corrected chi connectivity index (χ4v) is 4.50. The Kier molecular flexibility index (Phi) is 5.20. The Bertz CT molecular complexity index is 764. The molecule has 0 amide bonds. The van der Waals surface area contributed by atoms with Crippen LogP contribution in [0.25, 0.3) is 0 Å². The third-order valence-corrected chi connectivity index (χ3v) is 6.23. The van der Waals surface area contributed by atoms with E-state index in [1.165, 1.54) is 34.8 Å². The molecule has 0 bridgehead atoms. The van der Waals surface area contributed by atoms with E-state index < -0.39 is 10.0 Å². The average Bonchev–Trinajstić information content (AvgIpc) is 2.79. The highest BCUT2D eigenvalue weighted by atomic mass is 32.2. The summed E-state index contributed by atoms with van der Waals surface area (Å²) in [7, 11) is -3.26. The van der Waals surface area contributed by atoms with Crippen molar-refractivity contribution in [3.8, 4) is 0 Å². The molecule has 3 rings (SSSR count). The number of hydrogen-bond acceptors (Lipinski definition) is 2. The van der Waals surface area contributed by atoms with Crippen LogP contribution in [0.2, 0.25) is 0 Å². The second-order valence-electron chi connectivity index (χ2n) is 6.56. The standard InChI is InChI=1S/C19H21F2NO2S/c1-25(23,24)22-12-10-18(14-2-6-16(20)7-3-14)19(11-13-22)15-4-8-17(21)9-5-15/h2-9,18-19H,10-13H2,1H3/t18-,19+. The van der Waals surface area contributed by atoms with Crippen molar-refractivity contribution in [2.24, 2.45) is 0 Å². The molecule has 134 valence electrons. The molecule has 3 nitrogen and oxygen atoms in total. The van der Waals surface area contributed by atoms with Crippen molar-refractivity contribution in [3.05, 3.63) is 71.3 Å². The molecule has 25 heavy (non-hydrogen) atoms. The molecule has 6 heteroatoms. The Morgan fingerprint density at radius 2 is 1.16 bits per heavy atom. The molecule has 1 saturated heterocycles. The third kappa shape index (κ3) is 4.25. The zero-order chi connectivity index (χ0) is 18.0. The normalized spacial score (nSPS) is 22.5. The average molecular weight is 365 g/mol. The number of hydrogen-bond donors (Lipinski definition) is 0. The molecule has 1 aliphatic rings. The topological polar surface area (TPSA) is 37.4 Å². The molecule has 0 N–H and O–H groups in total. The van der Waals surface area contributed by atoms with Gasteiger partial charge in [0.05, 0.1) is 6.26 Å². The summed E-state index contributed by atoms with van der Waals surface area (Å²) in [6, 6.07) is 12.7. The first-order valence-corrected chi connectivity index (χ1v) is 10.2. The van der Waals surface area contributed by atoms with Crippen LogP contribution in [0, 0.1) is 11.6 Å². The smallest absolute Gasteiger partial charge is 0.211 e. The minimum Gasteiger partial charge on any atom is -0.213 e. The lowest BCUT2D eigenvalue weighted by Crippen LogP contribution is -2.30. The first-order chi connectivity index (χ1) is 11.8. The van der Waals surface area contributed by atoms with E-state index in [1.807, 2.05) is 0 Å². The summed E-state index contributed by atoms with van der Waals surface area (Å²) in [6.07, 6.45) is 2.50. The van der Waals surface area contributed by atoms with Crippen LogP contribution in [0.3, 0.4) is 0 Å². The lowest BCUT2D eigenvalue weighted by atomic mass is 9.78. The maximum absolute atomic E-state index is 13.3. The van der Waals surface area contributed by atoms with Crippen LogP contribution >= 0.6 is 0 Å². The van der Waals surface area contributed by atoms with Crippen LogP contribution in [0.4, 0.5) is 8.78 Å². The van der Waals surface area contributed by atoms with E-state index in [-0.39, 0.29) is 23.5 Å². The molecule has 2 aromatic rings. The Labute approximate surface area is 147 Å². The van der Waals surface area contributed by atoms with Gasteiger partial charge in [0, 0.05) is 13.1 Å². The van der Waals surface area contributed by atoms with Gasteiger partial charge in [0.1, 0.15) is 11.6 Å². The zero-order valence-electron chi connectivity index (χ0n) is 14.0. The monoisotopic (exact) mass is 365 g/mol. The van der Waals surface area contributed by atoms with E-state index >= 15 is 0 Å². The predicted molar refractivity (Wildman–Crippen MR) is 93.9 cm³/mol. The number of rotatable bonds is 3. The van der Waals surface area contributed by atoms with Gasteiger partial charge in [0.25, 0.3) is 0 Å². The Hall–Kier alpha value is -1.79. The van der Waals surface area contributed by atoms with Crippen molar-refractivity contribution in [2.45, 2.75) is 24.7 Å². The fraction of sp³-hybridized carbons (Fsp3) is 0.368. The molecule has 0 radical (unpaired) electrons. The molecule has 0 aliphatic carbocycles. The second kappa shape index (κ2) is 7.22. The van der Waals surface area contributed by atoms with Gasteiger partial charge in [-0.05, 0) is 60.1 Å². The van der Waals surface area contributed by atoms with Gasteiger partial charge in [-0.1, -0.05) is 24.3 Å². The summed E-state index contributed by atoms with van der Waals surface area (Å²) in [5.74, 6) is -0.488. The predicted octanol–water partition coefficient (Wildman–Crippen LogP) is 3.89. The van der Waals surface area contributed by atoms with Gasteiger partial charge < -0.3 is 0 Å². The van der Waals surface area contributed by atoms with Crippen molar-refractivity contribution >= 4 is 10.0 Å². The van der Waals surface area contributed by atoms with E-state index in [0.29, 0.717) is 25.9 Å². The molecule has 1 fully saturated rings. The maximum Gasteiger partial charge on any atom is 0.211 e. The molecule has 1 heterocycles. The summed E-state index contributed by atoms with van der Waals surface area (Å²) >= 11 is 0. The number of nitrogens with zero attached hydrogens (tertiary/aromatic N) is 1. The summed E-state index contributed by atoms with van der Waals surface area (Å²) in [5, 5.41) is 0. The molecule has 2 atom stereocenters. The number of halogens is 2. The fourth-order valence-electron chi connectivity index (χ4n) is 3.63. The molecule has 0 unspecified atom stereocenters. The summed E-state index contributed by atoms with van der Waals surface area (Å²) in [6.45, 7) is 0.858. The van der Waals surface area contributed by atoms with Gasteiger partial charge in [0.15, 0.2) is 0 Å². The van der Waals surface area contributed by atoms with Crippen LogP contribution in [-0.2, 0) is 10.0 Å². The third-order valence-electron chi connectivity index (χ3n) is 4.93. The van der Waals surface area contributed by atoms with Crippen LogP contribution < -0.4 is 0 Å². The highest BCUT2D eigenvalue weighted by Crippen LogP contribution is 2.40. The molecule has 1 aliphatic heterocycles. The van der Waals surface area contributed by atoms with E-state index in [4.69, 9.17) is 0 Å². The minimum atomic E-state index is -3.26. The first-order valence-electron chi connectivity index (χ1n) is 8.30. The Morgan fingerprint density at radius 3 is 1.48 bits per heavy atom. The number of benzene rings is 2. The zero-order valence-corrected chi connectivity index (χ0v) is 14.8. The molecule has 2 aromatic carbocycles. The number of sulfonamides is 1. The lowest BCUT2D eigenvalue weighted by molar-refractivity contribution is 0.425. The van der Waals surface area contributed by atoms with Crippen molar-refractivity contribution in [1.29, 1.82) is 0 Å². The summed E-state index contributed by atoms with van der Waals surface area (Å²) < 4.78 is 52.0. The SMILES string of the molecule is CS(=O)(=O)N1CC[C@H](c2ccc(F)cc2)[C@H](c2ccc(F)cc2)CC1. The van der Waals surface area contributed by atoms with Crippen LogP contribution in [0.15, 0.2) is 48.5 Å². The van der Waals surface area contributed by atoms with Gasteiger partial charge in [-0.2, -0.15) is 0 Å². The van der Waals surface area contributed by atoms with Crippen molar-refractivity contribution < 1.29 is 17.2 Å². The highest BCUT2D eigenvalue weighted by Gasteiger charge is 2.31. The molecule has 0 saturated carbocycles.